The highest BCUT2D eigenvalue weighted by Crippen LogP contribution is 2.22. The Kier molecular flexibility index (Phi) is 4.34. The Labute approximate surface area is 97.8 Å². The largest absolute Gasteiger partial charge is 0.477 e. The maximum Gasteiger partial charge on any atom is 0.392 e. The third kappa shape index (κ3) is 4.60. The van der Waals surface area contributed by atoms with Crippen molar-refractivity contribution < 1.29 is 17.9 Å². The van der Waals surface area contributed by atoms with E-state index in [4.69, 9.17) is 10.5 Å². The smallest absolute Gasteiger partial charge is 0.392 e. The molecule has 0 radical (unpaired) electrons. The van der Waals surface area contributed by atoms with Crippen molar-refractivity contribution in [2.24, 2.45) is 5.73 Å². The summed E-state index contributed by atoms with van der Waals surface area (Å²) in [6.45, 7) is 3.11. The fraction of sp³-hybridized carbons (Fsp3) is 0.545. The third-order valence-electron chi connectivity index (χ3n) is 2.20. The normalized spacial score (nSPS) is 13.5. The van der Waals surface area contributed by atoms with Gasteiger partial charge in [0.1, 0.15) is 0 Å². The first-order chi connectivity index (χ1) is 7.79. The number of aromatic nitrogens is 1. The first-order valence-electron chi connectivity index (χ1n) is 5.21. The lowest BCUT2D eigenvalue weighted by molar-refractivity contribution is -0.139. The number of halogens is 3. The van der Waals surface area contributed by atoms with Crippen LogP contribution in [0.25, 0.3) is 0 Å². The zero-order chi connectivity index (χ0) is 13.1. The van der Waals surface area contributed by atoms with Gasteiger partial charge in [-0.15, -0.1) is 0 Å². The van der Waals surface area contributed by atoms with Crippen LogP contribution in [0.2, 0.25) is 0 Å². The van der Waals surface area contributed by atoms with Gasteiger partial charge in [-0.05, 0) is 25.5 Å². The van der Waals surface area contributed by atoms with Crippen molar-refractivity contribution in [3.8, 4) is 5.88 Å². The molecule has 3 nitrogen and oxygen atoms in total. The first kappa shape index (κ1) is 13.8. The minimum Gasteiger partial charge on any atom is -0.477 e. The van der Waals surface area contributed by atoms with E-state index in [2.05, 4.69) is 4.98 Å². The van der Waals surface area contributed by atoms with Crippen molar-refractivity contribution in [3.63, 3.8) is 0 Å². The van der Waals surface area contributed by atoms with Crippen LogP contribution >= 0.6 is 0 Å². The number of hydrogen-bond donors (Lipinski definition) is 1. The molecule has 0 aliphatic heterocycles. The molecule has 0 aromatic carbocycles. The average molecular weight is 248 g/mol. The molecule has 1 rings (SSSR count). The summed E-state index contributed by atoms with van der Waals surface area (Å²) in [6.07, 6.45) is -3.68. The van der Waals surface area contributed by atoms with Crippen molar-refractivity contribution in [3.05, 3.63) is 23.4 Å². The summed E-state index contributed by atoms with van der Waals surface area (Å²) in [5.74, 6) is 0.221. The second-order valence-corrected chi connectivity index (χ2v) is 3.89. The van der Waals surface area contributed by atoms with Crippen LogP contribution in [0.1, 0.15) is 30.5 Å². The highest BCUT2D eigenvalue weighted by atomic mass is 19.4. The summed E-state index contributed by atoms with van der Waals surface area (Å²) in [7, 11) is 0. The molecule has 1 unspecified atom stereocenters. The second-order valence-electron chi connectivity index (χ2n) is 3.89. The fourth-order valence-electron chi connectivity index (χ4n) is 1.25. The summed E-state index contributed by atoms with van der Waals surface area (Å²) in [5, 5.41) is 0. The lowest BCUT2D eigenvalue weighted by atomic mass is 10.1. The highest BCUT2D eigenvalue weighted by molar-refractivity contribution is 5.29. The number of alkyl halides is 3. The van der Waals surface area contributed by atoms with Gasteiger partial charge in [0.2, 0.25) is 5.88 Å². The Morgan fingerprint density at radius 3 is 2.59 bits per heavy atom. The zero-order valence-corrected chi connectivity index (χ0v) is 9.71. The van der Waals surface area contributed by atoms with Crippen LogP contribution in [0.3, 0.4) is 0 Å². The standard InChI is InChI=1S/C11H15F3N2O/c1-7-5-9(8(2)15)6-16-10(7)17-4-3-11(12,13)14/h5-6,8H,3-4,15H2,1-2H3. The third-order valence-corrected chi connectivity index (χ3v) is 2.20. The minimum absolute atomic E-state index is 0.162. The van der Waals surface area contributed by atoms with Gasteiger partial charge in [-0.25, -0.2) is 4.98 Å². The van der Waals surface area contributed by atoms with E-state index in [1.807, 2.05) is 0 Å². The number of pyridine rings is 1. The molecule has 0 bridgehead atoms. The van der Waals surface area contributed by atoms with Crippen molar-refractivity contribution >= 4 is 0 Å². The Balaban J connectivity index is 2.61. The van der Waals surface area contributed by atoms with Crippen molar-refractivity contribution in [2.75, 3.05) is 6.61 Å². The van der Waals surface area contributed by atoms with E-state index in [9.17, 15) is 13.2 Å². The van der Waals surface area contributed by atoms with Gasteiger partial charge >= 0.3 is 6.18 Å². The molecule has 1 aromatic rings. The predicted molar refractivity (Wildman–Crippen MR) is 57.7 cm³/mol. The van der Waals surface area contributed by atoms with Gasteiger partial charge < -0.3 is 10.5 Å². The van der Waals surface area contributed by atoms with Crippen LogP contribution in [-0.4, -0.2) is 17.8 Å². The van der Waals surface area contributed by atoms with Crippen LogP contribution in [-0.2, 0) is 0 Å². The molecule has 0 amide bonds. The quantitative estimate of drug-likeness (QED) is 0.891. The molecule has 0 aliphatic rings. The molecule has 17 heavy (non-hydrogen) atoms. The maximum absolute atomic E-state index is 11.9. The molecule has 96 valence electrons. The fourth-order valence-corrected chi connectivity index (χ4v) is 1.25. The minimum atomic E-state index is -4.21. The molecule has 6 heteroatoms. The summed E-state index contributed by atoms with van der Waals surface area (Å²) < 4.78 is 40.7. The van der Waals surface area contributed by atoms with Crippen LogP contribution in [0.4, 0.5) is 13.2 Å². The van der Waals surface area contributed by atoms with Gasteiger partial charge in [0.05, 0.1) is 13.0 Å². The van der Waals surface area contributed by atoms with Crippen LogP contribution in [0.5, 0.6) is 5.88 Å². The topological polar surface area (TPSA) is 48.1 Å². The van der Waals surface area contributed by atoms with Gasteiger partial charge in [0.15, 0.2) is 0 Å². The molecule has 0 spiro atoms. The Hall–Kier alpha value is -1.30. The molecule has 0 saturated heterocycles. The van der Waals surface area contributed by atoms with Crippen LogP contribution in [0, 0.1) is 6.92 Å². The van der Waals surface area contributed by atoms with Gasteiger partial charge in [-0.1, -0.05) is 0 Å². The van der Waals surface area contributed by atoms with Crippen molar-refractivity contribution in [2.45, 2.75) is 32.5 Å². The van der Waals surface area contributed by atoms with E-state index >= 15 is 0 Å². The molecular weight excluding hydrogens is 233 g/mol. The number of aryl methyl sites for hydroxylation is 1. The summed E-state index contributed by atoms with van der Waals surface area (Å²) >= 11 is 0. The average Bonchev–Trinajstić information content (AvgIpc) is 2.18. The summed E-state index contributed by atoms with van der Waals surface area (Å²) in [6, 6.07) is 1.60. The lowest BCUT2D eigenvalue weighted by Gasteiger charge is -2.12. The van der Waals surface area contributed by atoms with Gasteiger partial charge in [0, 0.05) is 17.8 Å². The predicted octanol–water partition coefficient (Wildman–Crippen LogP) is 2.74. The molecular formula is C11H15F3N2O. The van der Waals surface area contributed by atoms with Crippen LogP contribution < -0.4 is 10.5 Å². The van der Waals surface area contributed by atoms with E-state index in [1.165, 1.54) is 6.20 Å². The molecule has 1 heterocycles. The number of nitrogens with zero attached hydrogens (tertiary/aromatic N) is 1. The summed E-state index contributed by atoms with van der Waals surface area (Å²) in [4.78, 5) is 3.95. The van der Waals surface area contributed by atoms with E-state index in [-0.39, 0.29) is 11.9 Å². The molecule has 0 saturated carbocycles. The lowest BCUT2D eigenvalue weighted by Crippen LogP contribution is -2.14. The monoisotopic (exact) mass is 248 g/mol. The second kappa shape index (κ2) is 5.35. The number of ether oxygens (including phenoxy) is 1. The Bertz CT molecular complexity index is 377. The van der Waals surface area contributed by atoms with Gasteiger partial charge in [0.25, 0.3) is 0 Å². The van der Waals surface area contributed by atoms with E-state index in [0.29, 0.717) is 5.56 Å². The molecule has 2 N–H and O–H groups in total. The number of nitrogens with two attached hydrogens (primary N) is 1. The highest BCUT2D eigenvalue weighted by Gasteiger charge is 2.27. The van der Waals surface area contributed by atoms with Crippen LogP contribution in [0.15, 0.2) is 12.3 Å². The SMILES string of the molecule is Cc1cc(C(C)N)cnc1OCCC(F)(F)F. The zero-order valence-electron chi connectivity index (χ0n) is 9.71. The Morgan fingerprint density at radius 2 is 2.12 bits per heavy atom. The van der Waals surface area contributed by atoms with E-state index in [0.717, 1.165) is 5.56 Å². The van der Waals surface area contributed by atoms with Gasteiger partial charge in [-0.3, -0.25) is 0 Å². The summed E-state index contributed by atoms with van der Waals surface area (Å²) in [5.41, 5.74) is 7.17. The van der Waals surface area contributed by atoms with Gasteiger partial charge in [-0.2, -0.15) is 13.2 Å². The van der Waals surface area contributed by atoms with Crippen molar-refractivity contribution in [1.29, 1.82) is 0 Å². The Morgan fingerprint density at radius 1 is 1.47 bits per heavy atom. The number of rotatable bonds is 4. The van der Waals surface area contributed by atoms with E-state index < -0.39 is 19.2 Å². The van der Waals surface area contributed by atoms with Crippen molar-refractivity contribution in [1.82, 2.24) is 4.98 Å². The molecule has 1 atom stereocenters. The maximum atomic E-state index is 11.9. The molecule has 0 aliphatic carbocycles. The number of hydrogen-bond acceptors (Lipinski definition) is 3. The molecule has 1 aromatic heterocycles. The molecule has 0 fully saturated rings. The first-order valence-corrected chi connectivity index (χ1v) is 5.21. The van der Waals surface area contributed by atoms with E-state index in [1.54, 1.807) is 19.9 Å².